The van der Waals surface area contributed by atoms with Crippen molar-refractivity contribution in [3.63, 3.8) is 0 Å². The minimum absolute atomic E-state index is 0.301. The second kappa shape index (κ2) is 15.7. The average molecular weight is 765 g/mol. The normalized spacial score (nSPS) is 18.0. The second-order valence-electron chi connectivity index (χ2n) is 15.1. The van der Waals surface area contributed by atoms with Crippen molar-refractivity contribution in [2.75, 3.05) is 26.2 Å². The number of ether oxygens (including phenoxy) is 2. The molecule has 5 rings (SSSR count). The first-order valence-electron chi connectivity index (χ1n) is 16.2. The van der Waals surface area contributed by atoms with Crippen molar-refractivity contribution in [2.24, 2.45) is 0 Å². The SMILES string of the molecule is CC(C)(C)OC(=O)N1CC=C(B2OC(C)(C)C(C)(C)O2)C1.CC(C)(C)OC(=O)N1CC=C(c2ccc(F)c(O)c2)C1.Oc1cc(Br)ccc1F. The molecule has 14 heteroatoms. The smallest absolute Gasteiger partial charge is 0.492 e. The van der Waals surface area contributed by atoms with E-state index in [1.165, 1.54) is 30.3 Å². The molecule has 0 aliphatic carbocycles. The Kier molecular flexibility index (Phi) is 12.8. The number of aromatic hydroxyl groups is 2. The van der Waals surface area contributed by atoms with Gasteiger partial charge >= 0.3 is 19.3 Å². The van der Waals surface area contributed by atoms with Crippen molar-refractivity contribution in [1.29, 1.82) is 0 Å². The fourth-order valence-electron chi connectivity index (χ4n) is 4.64. The number of hydrogen-bond donors (Lipinski definition) is 2. The predicted octanol–water partition coefficient (Wildman–Crippen LogP) is 8.25. The minimum Gasteiger partial charge on any atom is -0.505 e. The summed E-state index contributed by atoms with van der Waals surface area (Å²) in [6.07, 6.45) is 3.18. The van der Waals surface area contributed by atoms with Crippen molar-refractivity contribution in [1.82, 2.24) is 9.80 Å². The number of phenolic OH excluding ortho intramolecular Hbond substituents is 2. The minimum atomic E-state index is -0.656. The van der Waals surface area contributed by atoms with Crippen LogP contribution in [0.5, 0.6) is 11.5 Å². The Morgan fingerprint density at radius 2 is 1.24 bits per heavy atom. The fraction of sp³-hybridized carbons (Fsp3) is 0.500. The fourth-order valence-corrected chi connectivity index (χ4v) is 4.98. The molecule has 2 aromatic carbocycles. The third-order valence-corrected chi connectivity index (χ3v) is 8.44. The van der Waals surface area contributed by atoms with E-state index in [-0.39, 0.29) is 42.0 Å². The van der Waals surface area contributed by atoms with E-state index in [0.717, 1.165) is 11.0 Å². The van der Waals surface area contributed by atoms with Crippen LogP contribution in [0.15, 0.2) is 58.5 Å². The van der Waals surface area contributed by atoms with E-state index in [9.17, 15) is 23.5 Å². The molecule has 2 amide bonds. The Hall–Kier alpha value is -3.62. The highest BCUT2D eigenvalue weighted by atomic mass is 79.9. The molecule has 2 aromatic rings. The number of hydrogen-bond acceptors (Lipinski definition) is 8. The van der Waals surface area contributed by atoms with Gasteiger partial charge < -0.3 is 38.8 Å². The Morgan fingerprint density at radius 3 is 1.70 bits per heavy atom. The zero-order valence-corrected chi connectivity index (χ0v) is 32.0. The monoisotopic (exact) mass is 764 g/mol. The average Bonchev–Trinajstić information content (AvgIpc) is 3.70. The highest BCUT2D eigenvalue weighted by Gasteiger charge is 2.53. The summed E-state index contributed by atoms with van der Waals surface area (Å²) in [4.78, 5) is 27.2. The highest BCUT2D eigenvalue weighted by Crippen LogP contribution is 2.39. The zero-order chi connectivity index (χ0) is 37.8. The lowest BCUT2D eigenvalue weighted by molar-refractivity contribution is 0.00578. The van der Waals surface area contributed by atoms with Gasteiger partial charge in [-0.15, -0.1) is 0 Å². The number of phenols is 2. The molecule has 0 bridgehead atoms. The standard InChI is InChI=1S/C15H26BNO4.C15H18FNO3.C6H4BrFO/c1-13(2,3)19-12(18)17-9-8-11(10-17)16-20-14(4,5)15(6,7)21-16;1-15(2,3)20-14(19)17-7-6-11(9-17)10-4-5-12(16)13(18)8-10;7-4-1-2-5(8)6(9)3-4/h8H,9-10H2,1-7H3;4-6,8,18H,7,9H2,1-3H3;1-3,9H. The molecular formula is C36H48BBrF2N2O8. The van der Waals surface area contributed by atoms with E-state index in [4.69, 9.17) is 23.9 Å². The van der Waals surface area contributed by atoms with Crippen LogP contribution in [0.1, 0.15) is 74.8 Å². The molecule has 2 N–H and O–H groups in total. The van der Waals surface area contributed by atoms with Gasteiger partial charge in [-0.25, -0.2) is 18.4 Å². The first-order valence-corrected chi connectivity index (χ1v) is 17.0. The summed E-state index contributed by atoms with van der Waals surface area (Å²) < 4.78 is 48.6. The van der Waals surface area contributed by atoms with Crippen LogP contribution in [0.25, 0.3) is 5.57 Å². The molecule has 0 spiro atoms. The maximum atomic E-state index is 13.0. The summed E-state index contributed by atoms with van der Waals surface area (Å²) in [6, 6.07) is 8.17. The lowest BCUT2D eigenvalue weighted by atomic mass is 9.79. The van der Waals surface area contributed by atoms with Crippen LogP contribution < -0.4 is 0 Å². The lowest BCUT2D eigenvalue weighted by Gasteiger charge is -2.32. The second-order valence-corrected chi connectivity index (χ2v) is 16.0. The van der Waals surface area contributed by atoms with Gasteiger partial charge in [0.05, 0.1) is 11.2 Å². The predicted molar refractivity (Wildman–Crippen MR) is 192 cm³/mol. The van der Waals surface area contributed by atoms with Crippen molar-refractivity contribution in [2.45, 2.75) is 91.6 Å². The van der Waals surface area contributed by atoms with Gasteiger partial charge in [-0.2, -0.15) is 0 Å². The van der Waals surface area contributed by atoms with Crippen LogP contribution >= 0.6 is 15.9 Å². The summed E-state index contributed by atoms with van der Waals surface area (Å²) >= 11 is 3.07. The van der Waals surface area contributed by atoms with Gasteiger partial charge in [0.1, 0.15) is 11.2 Å². The summed E-state index contributed by atoms with van der Waals surface area (Å²) in [5.41, 5.74) is 0.814. The van der Waals surface area contributed by atoms with Gasteiger partial charge in [0.25, 0.3) is 0 Å². The first-order chi connectivity index (χ1) is 22.9. The molecule has 0 unspecified atom stereocenters. The number of amides is 2. The lowest BCUT2D eigenvalue weighted by Crippen LogP contribution is -2.41. The van der Waals surface area contributed by atoms with Gasteiger partial charge in [0, 0.05) is 30.7 Å². The molecule has 0 saturated carbocycles. The molecule has 50 heavy (non-hydrogen) atoms. The zero-order valence-electron chi connectivity index (χ0n) is 30.4. The first kappa shape index (κ1) is 40.8. The molecule has 0 atom stereocenters. The van der Waals surface area contributed by atoms with Crippen LogP contribution in [0, 0.1) is 11.6 Å². The molecule has 0 radical (unpaired) electrons. The van der Waals surface area contributed by atoms with E-state index >= 15 is 0 Å². The van der Waals surface area contributed by atoms with Crippen LogP contribution in [-0.4, -0.2) is 87.9 Å². The van der Waals surface area contributed by atoms with Crippen LogP contribution in [0.3, 0.4) is 0 Å². The molecule has 3 heterocycles. The number of carbonyl (C=O) groups excluding carboxylic acids is 2. The molecular weight excluding hydrogens is 717 g/mol. The topological polar surface area (TPSA) is 118 Å². The highest BCUT2D eigenvalue weighted by molar-refractivity contribution is 9.10. The summed E-state index contributed by atoms with van der Waals surface area (Å²) in [5.74, 6) is -1.97. The molecule has 1 saturated heterocycles. The van der Waals surface area contributed by atoms with Gasteiger partial charge in [-0.05, 0) is 116 Å². The van der Waals surface area contributed by atoms with Crippen molar-refractivity contribution in [3.8, 4) is 11.5 Å². The number of nitrogens with zero attached hydrogens (tertiary/aromatic N) is 2. The van der Waals surface area contributed by atoms with E-state index in [1.807, 2.05) is 81.4 Å². The van der Waals surface area contributed by atoms with Gasteiger partial charge in [0.15, 0.2) is 23.1 Å². The van der Waals surface area contributed by atoms with E-state index < -0.39 is 22.8 Å². The van der Waals surface area contributed by atoms with Gasteiger partial charge in [-0.3, -0.25) is 0 Å². The maximum Gasteiger partial charge on any atom is 0.492 e. The van der Waals surface area contributed by atoms with Crippen molar-refractivity contribution < 1.29 is 47.4 Å². The van der Waals surface area contributed by atoms with Crippen LogP contribution in [0.2, 0.25) is 0 Å². The Bertz CT molecular complexity index is 1600. The molecule has 3 aliphatic rings. The van der Waals surface area contributed by atoms with E-state index in [2.05, 4.69) is 15.9 Å². The quantitative estimate of drug-likeness (QED) is 0.294. The Morgan fingerprint density at radius 1 is 0.780 bits per heavy atom. The summed E-state index contributed by atoms with van der Waals surface area (Å²) in [6.45, 7) is 21.0. The molecule has 0 aromatic heterocycles. The van der Waals surface area contributed by atoms with Gasteiger partial charge in [0.2, 0.25) is 0 Å². The van der Waals surface area contributed by atoms with Gasteiger partial charge in [-0.1, -0.05) is 34.1 Å². The largest absolute Gasteiger partial charge is 0.505 e. The Labute approximate surface area is 302 Å². The Balaban J connectivity index is 0.000000218. The van der Waals surface area contributed by atoms with Crippen molar-refractivity contribution in [3.05, 3.63) is 75.7 Å². The van der Waals surface area contributed by atoms with E-state index in [1.54, 1.807) is 15.9 Å². The summed E-state index contributed by atoms with van der Waals surface area (Å²) in [5, 5.41) is 18.1. The molecule has 10 nitrogen and oxygen atoms in total. The summed E-state index contributed by atoms with van der Waals surface area (Å²) in [7, 11) is -0.387. The number of halogens is 3. The molecule has 274 valence electrons. The molecule has 3 aliphatic heterocycles. The van der Waals surface area contributed by atoms with E-state index in [0.29, 0.717) is 36.2 Å². The number of benzene rings is 2. The van der Waals surface area contributed by atoms with Crippen molar-refractivity contribution >= 4 is 40.8 Å². The third kappa shape index (κ3) is 11.5. The molecule has 1 fully saturated rings. The third-order valence-electron chi connectivity index (χ3n) is 7.95. The number of rotatable bonds is 2. The van der Waals surface area contributed by atoms with Crippen LogP contribution in [0.4, 0.5) is 18.4 Å². The number of carbonyl (C=O) groups is 2. The maximum absolute atomic E-state index is 13.0. The van der Waals surface area contributed by atoms with Crippen LogP contribution in [-0.2, 0) is 18.8 Å².